The van der Waals surface area contributed by atoms with Gasteiger partial charge in [-0.05, 0) is 126 Å². The van der Waals surface area contributed by atoms with Gasteiger partial charge in [-0.3, -0.25) is 4.79 Å². The molecule has 5 nitrogen and oxygen atoms in total. The highest BCUT2D eigenvalue weighted by Crippen LogP contribution is 2.55. The molecular weight excluding hydrogens is 472 g/mol. The van der Waals surface area contributed by atoms with Gasteiger partial charge in [0.05, 0.1) is 5.69 Å². The number of hydrogen-bond acceptors (Lipinski definition) is 4. The van der Waals surface area contributed by atoms with E-state index in [4.69, 9.17) is 5.73 Å². The molecule has 6 rings (SSSR count). The molecule has 4 aliphatic carbocycles. The Hall–Kier alpha value is -2.69. The molecule has 0 spiro atoms. The highest BCUT2D eigenvalue weighted by Gasteiger charge is 2.50. The van der Waals surface area contributed by atoms with Crippen LogP contribution in [-0.4, -0.2) is 34.6 Å². The number of rotatable bonds is 3. The maximum atomic E-state index is 14.1. The quantitative estimate of drug-likeness (QED) is 0.341. The molecule has 1 amide bonds. The minimum absolute atomic E-state index is 0.0425. The van der Waals surface area contributed by atoms with Gasteiger partial charge < -0.3 is 20.8 Å². The van der Waals surface area contributed by atoms with Crippen molar-refractivity contribution in [1.82, 2.24) is 4.90 Å². The molecule has 0 saturated heterocycles. The number of carbonyl (C=O) groups excluding carboxylic acids is 1. The Bertz CT molecular complexity index is 1260. The first-order valence-corrected chi connectivity index (χ1v) is 14.8. The summed E-state index contributed by atoms with van der Waals surface area (Å²) in [5.41, 5.74) is 11.7. The molecule has 0 radical (unpaired) electrons. The van der Waals surface area contributed by atoms with E-state index in [1.807, 2.05) is 31.3 Å². The average Bonchev–Trinajstić information content (AvgIpc) is 2.89. The minimum Gasteiger partial charge on any atom is -0.508 e. The number of amides is 1. The number of aromatic hydroxyl groups is 2. The van der Waals surface area contributed by atoms with Crippen LogP contribution in [0.25, 0.3) is 0 Å². The lowest BCUT2D eigenvalue weighted by Gasteiger charge is -2.52. The van der Waals surface area contributed by atoms with Gasteiger partial charge >= 0.3 is 0 Å². The zero-order valence-corrected chi connectivity index (χ0v) is 23.3. The Morgan fingerprint density at radius 2 is 1.58 bits per heavy atom. The van der Waals surface area contributed by atoms with Crippen molar-refractivity contribution < 1.29 is 15.0 Å². The first-order chi connectivity index (χ1) is 18.1. The molecule has 38 heavy (non-hydrogen) atoms. The molecule has 0 bridgehead atoms. The second kappa shape index (κ2) is 9.20. The number of nitrogens with zero attached hydrogens (tertiary/aromatic N) is 1. The van der Waals surface area contributed by atoms with Gasteiger partial charge in [0.2, 0.25) is 5.91 Å². The highest BCUT2D eigenvalue weighted by atomic mass is 16.3. The van der Waals surface area contributed by atoms with Crippen LogP contribution >= 0.6 is 0 Å². The highest BCUT2D eigenvalue weighted by molar-refractivity contribution is 5.79. The average molecular weight is 517 g/mol. The van der Waals surface area contributed by atoms with Crippen LogP contribution in [0.15, 0.2) is 30.3 Å². The topological polar surface area (TPSA) is 86.8 Å². The Labute approximate surface area is 227 Å². The lowest BCUT2D eigenvalue weighted by molar-refractivity contribution is -0.140. The number of nitrogen functional groups attached to an aromatic ring is 1. The van der Waals surface area contributed by atoms with Crippen LogP contribution in [0.5, 0.6) is 11.5 Å². The lowest BCUT2D eigenvalue weighted by atomic mass is 9.54. The summed E-state index contributed by atoms with van der Waals surface area (Å²) in [6.45, 7) is 5.55. The number of phenols is 2. The Kier molecular flexibility index (Phi) is 6.20. The third-order valence-corrected chi connectivity index (χ3v) is 11.4. The smallest absolute Gasteiger partial charge is 0.225 e. The molecule has 0 heterocycles. The third-order valence-electron chi connectivity index (χ3n) is 11.4. The third kappa shape index (κ3) is 3.91. The molecule has 4 aliphatic rings. The van der Waals surface area contributed by atoms with Crippen molar-refractivity contribution in [3.05, 3.63) is 52.6 Å². The molecule has 6 atom stereocenters. The van der Waals surface area contributed by atoms with Crippen LogP contribution in [0.1, 0.15) is 87.5 Å². The van der Waals surface area contributed by atoms with E-state index in [0.717, 1.165) is 57.9 Å². The SMILES string of the molecule is CN(CC1CCCC2(C)c3cc(O)ccc3CCC12)C(=O)C1CCCC2(C)c3cc(N)c(O)cc3CCC12. The fourth-order valence-electron chi connectivity index (χ4n) is 9.46. The summed E-state index contributed by atoms with van der Waals surface area (Å²) in [7, 11) is 2.04. The molecule has 5 heteroatoms. The van der Waals surface area contributed by atoms with Crippen LogP contribution in [0.3, 0.4) is 0 Å². The fourth-order valence-corrected chi connectivity index (χ4v) is 9.46. The van der Waals surface area contributed by atoms with Crippen molar-refractivity contribution in [2.24, 2.45) is 23.7 Å². The molecule has 2 aromatic carbocycles. The van der Waals surface area contributed by atoms with E-state index in [9.17, 15) is 15.0 Å². The van der Waals surface area contributed by atoms with Crippen LogP contribution < -0.4 is 5.73 Å². The minimum atomic E-state index is -0.0761. The molecule has 2 aromatic rings. The molecule has 2 fully saturated rings. The Morgan fingerprint density at radius 1 is 0.921 bits per heavy atom. The lowest BCUT2D eigenvalue weighted by Crippen LogP contribution is -2.51. The number of anilines is 1. The van der Waals surface area contributed by atoms with Crippen LogP contribution in [0.4, 0.5) is 5.69 Å². The van der Waals surface area contributed by atoms with Gasteiger partial charge in [0, 0.05) is 19.5 Å². The van der Waals surface area contributed by atoms with E-state index in [1.54, 1.807) is 0 Å². The van der Waals surface area contributed by atoms with Gasteiger partial charge in [0.15, 0.2) is 0 Å². The van der Waals surface area contributed by atoms with E-state index in [-0.39, 0.29) is 22.5 Å². The van der Waals surface area contributed by atoms with E-state index in [2.05, 4.69) is 24.8 Å². The van der Waals surface area contributed by atoms with Crippen LogP contribution in [0, 0.1) is 23.7 Å². The summed E-state index contributed by atoms with van der Waals surface area (Å²) in [6.07, 6.45) is 10.7. The Morgan fingerprint density at radius 3 is 2.37 bits per heavy atom. The number of phenolic OH excluding ortho intramolecular Hbond substituents is 2. The first kappa shape index (κ1) is 25.6. The number of carbonyl (C=O) groups is 1. The summed E-state index contributed by atoms with van der Waals surface area (Å²) in [4.78, 5) is 16.2. The second-order valence-electron chi connectivity index (χ2n) is 13.4. The zero-order chi connectivity index (χ0) is 26.8. The normalized spacial score (nSPS) is 33.9. The summed E-state index contributed by atoms with van der Waals surface area (Å²) in [5.74, 6) is 2.24. The second-order valence-corrected chi connectivity index (χ2v) is 13.4. The maximum Gasteiger partial charge on any atom is 0.225 e. The van der Waals surface area contributed by atoms with Crippen LogP contribution in [-0.2, 0) is 28.5 Å². The molecule has 2 saturated carbocycles. The first-order valence-electron chi connectivity index (χ1n) is 14.8. The standard InChI is InChI=1S/C33H44N2O3/c1-32-14-4-6-22(25(32)12-9-20-8-11-23(36)17-27(20)32)19-35(3)31(38)24-7-5-15-33(2)26(24)13-10-21-16-30(37)29(34)18-28(21)33/h8,11,16-18,22,24-26,36-37H,4-7,9-10,12-15,19,34H2,1-3H3. The van der Waals surface area contributed by atoms with Crippen molar-refractivity contribution in [3.63, 3.8) is 0 Å². The summed E-state index contributed by atoms with van der Waals surface area (Å²) < 4.78 is 0. The van der Waals surface area contributed by atoms with Crippen molar-refractivity contribution in [1.29, 1.82) is 0 Å². The maximum absolute atomic E-state index is 14.1. The summed E-state index contributed by atoms with van der Waals surface area (Å²) in [6, 6.07) is 9.78. The Balaban J connectivity index is 1.22. The van der Waals surface area contributed by atoms with Crippen molar-refractivity contribution in [2.45, 2.75) is 88.9 Å². The van der Waals surface area contributed by atoms with E-state index in [0.29, 0.717) is 35.1 Å². The van der Waals surface area contributed by atoms with Gasteiger partial charge in [-0.15, -0.1) is 0 Å². The number of benzene rings is 2. The summed E-state index contributed by atoms with van der Waals surface area (Å²) >= 11 is 0. The number of nitrogens with two attached hydrogens (primary N) is 1. The van der Waals surface area contributed by atoms with Gasteiger partial charge in [-0.1, -0.05) is 32.8 Å². The number of aryl methyl sites for hydroxylation is 2. The monoisotopic (exact) mass is 516 g/mol. The molecule has 0 aliphatic heterocycles. The van der Waals surface area contributed by atoms with Crippen molar-refractivity contribution in [2.75, 3.05) is 19.3 Å². The van der Waals surface area contributed by atoms with Crippen LogP contribution in [0.2, 0.25) is 0 Å². The van der Waals surface area contributed by atoms with Gasteiger partial charge in [-0.2, -0.15) is 0 Å². The molecule has 6 unspecified atom stereocenters. The van der Waals surface area contributed by atoms with Crippen molar-refractivity contribution in [3.8, 4) is 11.5 Å². The predicted molar refractivity (Wildman–Crippen MR) is 151 cm³/mol. The fraction of sp³-hybridized carbons (Fsp3) is 0.606. The molecule has 0 aromatic heterocycles. The zero-order valence-electron chi connectivity index (χ0n) is 23.3. The number of fused-ring (bicyclic) bond motifs is 6. The van der Waals surface area contributed by atoms with E-state index >= 15 is 0 Å². The summed E-state index contributed by atoms with van der Waals surface area (Å²) in [5, 5.41) is 20.4. The molecular formula is C33H44N2O3. The largest absolute Gasteiger partial charge is 0.508 e. The van der Waals surface area contributed by atoms with Crippen molar-refractivity contribution >= 4 is 11.6 Å². The van der Waals surface area contributed by atoms with Gasteiger partial charge in [0.1, 0.15) is 11.5 Å². The number of hydrogen-bond donors (Lipinski definition) is 3. The molecule has 204 valence electrons. The molecule has 4 N–H and O–H groups in total. The predicted octanol–water partition coefficient (Wildman–Crippen LogP) is 6.08. The van der Waals surface area contributed by atoms with Gasteiger partial charge in [-0.25, -0.2) is 0 Å². The van der Waals surface area contributed by atoms with E-state index in [1.165, 1.54) is 35.1 Å². The van der Waals surface area contributed by atoms with E-state index < -0.39 is 0 Å². The van der Waals surface area contributed by atoms with Gasteiger partial charge in [0.25, 0.3) is 0 Å².